The van der Waals surface area contributed by atoms with E-state index >= 15 is 0 Å². The van der Waals surface area contributed by atoms with E-state index in [9.17, 15) is 13.2 Å². The van der Waals surface area contributed by atoms with Gasteiger partial charge in [0.05, 0.1) is 0 Å². The maximum atomic E-state index is 11.9. The Morgan fingerprint density at radius 3 is 2.29 bits per heavy atom. The van der Waals surface area contributed by atoms with Gasteiger partial charge in [-0.25, -0.2) is 0 Å². The summed E-state index contributed by atoms with van der Waals surface area (Å²) in [5.74, 6) is 0.710. The second-order valence-electron chi connectivity index (χ2n) is 6.94. The number of hydrogen-bond donors (Lipinski definition) is 1. The summed E-state index contributed by atoms with van der Waals surface area (Å²) in [5.41, 5.74) is 0.160. The van der Waals surface area contributed by atoms with Crippen LogP contribution in [0.2, 0.25) is 0 Å². The lowest BCUT2D eigenvalue weighted by molar-refractivity contribution is -0.174. The second kappa shape index (κ2) is 8.34. The van der Waals surface area contributed by atoms with E-state index in [1.54, 1.807) is 0 Å². The molecule has 6 heteroatoms. The maximum absolute atomic E-state index is 11.9. The van der Waals surface area contributed by atoms with Gasteiger partial charge in [-0.15, -0.1) is 0 Å². The Bertz CT molecular complexity index is 279. The molecule has 0 radical (unpaired) electrons. The molecule has 0 atom stereocenters. The first-order valence-corrected chi connectivity index (χ1v) is 7.77. The van der Waals surface area contributed by atoms with Crippen molar-refractivity contribution in [2.45, 2.75) is 51.7 Å². The number of nitrogens with zero attached hydrogens (tertiary/aromatic N) is 1. The van der Waals surface area contributed by atoms with E-state index in [2.05, 4.69) is 35.7 Å². The largest absolute Gasteiger partial charge is 0.411 e. The minimum absolute atomic E-state index is 0.160. The minimum atomic E-state index is -4.21. The molecule has 0 aliphatic carbocycles. The van der Waals surface area contributed by atoms with Gasteiger partial charge in [0, 0.05) is 18.7 Å². The molecule has 21 heavy (non-hydrogen) atoms. The number of likely N-dealkylation sites (tertiary alicyclic amines) is 1. The molecule has 3 nitrogen and oxygen atoms in total. The van der Waals surface area contributed by atoms with Gasteiger partial charge in [-0.3, -0.25) is 0 Å². The van der Waals surface area contributed by atoms with Crippen molar-refractivity contribution in [3.8, 4) is 0 Å². The van der Waals surface area contributed by atoms with E-state index in [1.807, 2.05) is 0 Å². The highest BCUT2D eigenvalue weighted by atomic mass is 19.4. The van der Waals surface area contributed by atoms with Crippen LogP contribution >= 0.6 is 0 Å². The number of halogens is 3. The van der Waals surface area contributed by atoms with Crippen LogP contribution in [-0.4, -0.2) is 56.0 Å². The Morgan fingerprint density at radius 2 is 1.76 bits per heavy atom. The lowest BCUT2D eigenvalue weighted by atomic mass is 9.95. The van der Waals surface area contributed by atoms with E-state index in [-0.39, 0.29) is 12.1 Å². The van der Waals surface area contributed by atoms with Gasteiger partial charge < -0.3 is 15.0 Å². The minimum Gasteiger partial charge on any atom is -0.372 e. The van der Waals surface area contributed by atoms with Crippen LogP contribution in [0.4, 0.5) is 13.2 Å². The molecule has 0 aromatic carbocycles. The average molecular weight is 310 g/mol. The summed E-state index contributed by atoms with van der Waals surface area (Å²) < 4.78 is 40.3. The predicted octanol–water partition coefficient (Wildman–Crippen LogP) is 3.06. The summed E-state index contributed by atoms with van der Waals surface area (Å²) in [6.07, 6.45) is -1.22. The molecule has 0 amide bonds. The van der Waals surface area contributed by atoms with E-state index in [0.717, 1.165) is 39.0 Å². The molecule has 1 aliphatic heterocycles. The molecule has 1 heterocycles. The van der Waals surface area contributed by atoms with Crippen molar-refractivity contribution in [3.63, 3.8) is 0 Å². The summed E-state index contributed by atoms with van der Waals surface area (Å²) >= 11 is 0. The summed E-state index contributed by atoms with van der Waals surface area (Å²) in [7, 11) is 0. The van der Waals surface area contributed by atoms with Crippen LogP contribution in [0, 0.1) is 5.92 Å². The van der Waals surface area contributed by atoms with Crippen molar-refractivity contribution in [2.75, 3.05) is 39.4 Å². The van der Waals surface area contributed by atoms with Crippen molar-refractivity contribution < 1.29 is 17.9 Å². The topological polar surface area (TPSA) is 24.5 Å². The van der Waals surface area contributed by atoms with Crippen molar-refractivity contribution in [3.05, 3.63) is 0 Å². The highest BCUT2D eigenvalue weighted by Gasteiger charge is 2.27. The summed E-state index contributed by atoms with van der Waals surface area (Å²) in [6, 6.07) is 0. The molecule has 1 fully saturated rings. The van der Waals surface area contributed by atoms with Crippen molar-refractivity contribution in [1.82, 2.24) is 10.2 Å². The Balaban J connectivity index is 2.03. The van der Waals surface area contributed by atoms with Gasteiger partial charge in [0.2, 0.25) is 0 Å². The monoisotopic (exact) mass is 310 g/mol. The number of nitrogens with one attached hydrogen (secondary N) is 1. The summed E-state index contributed by atoms with van der Waals surface area (Å²) in [4.78, 5) is 2.32. The molecular formula is C15H29F3N2O. The van der Waals surface area contributed by atoms with Gasteiger partial charge in [0.15, 0.2) is 0 Å². The zero-order valence-corrected chi connectivity index (χ0v) is 13.4. The Labute approximate surface area is 126 Å². The zero-order chi connectivity index (χ0) is 15.9. The van der Waals surface area contributed by atoms with Crippen LogP contribution < -0.4 is 5.32 Å². The van der Waals surface area contributed by atoms with Gasteiger partial charge in [-0.2, -0.15) is 13.2 Å². The number of ether oxygens (including phenoxy) is 1. The smallest absolute Gasteiger partial charge is 0.372 e. The molecule has 1 saturated heterocycles. The highest BCUT2D eigenvalue weighted by Crippen LogP contribution is 2.18. The molecule has 0 unspecified atom stereocenters. The van der Waals surface area contributed by atoms with Crippen LogP contribution in [0.3, 0.4) is 0 Å². The molecule has 1 aliphatic rings. The lowest BCUT2D eigenvalue weighted by Gasteiger charge is -2.33. The van der Waals surface area contributed by atoms with Gasteiger partial charge in [-0.05, 0) is 65.6 Å². The predicted molar refractivity (Wildman–Crippen MR) is 78.4 cm³/mol. The van der Waals surface area contributed by atoms with Crippen LogP contribution in [0.5, 0.6) is 0 Å². The molecular weight excluding hydrogens is 281 g/mol. The maximum Gasteiger partial charge on any atom is 0.411 e. The molecule has 0 aromatic rings. The van der Waals surface area contributed by atoms with Crippen molar-refractivity contribution >= 4 is 0 Å². The third kappa shape index (κ3) is 10.1. The van der Waals surface area contributed by atoms with E-state index in [4.69, 9.17) is 0 Å². The van der Waals surface area contributed by atoms with Gasteiger partial charge in [0.25, 0.3) is 0 Å². The van der Waals surface area contributed by atoms with Crippen molar-refractivity contribution in [2.24, 2.45) is 5.92 Å². The number of alkyl halides is 3. The molecule has 1 rings (SSSR count). The lowest BCUT2D eigenvalue weighted by Crippen LogP contribution is -2.43. The molecule has 0 spiro atoms. The normalized spacial score (nSPS) is 19.1. The molecule has 0 aromatic heterocycles. The summed E-state index contributed by atoms with van der Waals surface area (Å²) in [6.45, 7) is 9.52. The SMILES string of the molecule is CC(C)(C)NCC1CCN(CCCOCC(F)(F)F)CC1. The average Bonchev–Trinajstić information content (AvgIpc) is 2.35. The Hall–Kier alpha value is -0.330. The molecule has 0 saturated carbocycles. The van der Waals surface area contributed by atoms with Crippen molar-refractivity contribution in [1.29, 1.82) is 0 Å². The van der Waals surface area contributed by atoms with Gasteiger partial charge in [0.1, 0.15) is 6.61 Å². The first-order chi connectivity index (χ1) is 9.66. The van der Waals surface area contributed by atoms with Crippen LogP contribution in [-0.2, 0) is 4.74 Å². The van der Waals surface area contributed by atoms with E-state index in [0.29, 0.717) is 12.3 Å². The number of hydrogen-bond acceptors (Lipinski definition) is 3. The third-order valence-electron chi connectivity index (χ3n) is 3.66. The highest BCUT2D eigenvalue weighted by molar-refractivity contribution is 4.77. The van der Waals surface area contributed by atoms with E-state index in [1.165, 1.54) is 0 Å². The molecule has 0 bridgehead atoms. The fourth-order valence-electron chi connectivity index (χ4n) is 2.44. The first kappa shape index (κ1) is 18.7. The Morgan fingerprint density at radius 1 is 1.14 bits per heavy atom. The second-order valence-corrected chi connectivity index (χ2v) is 6.94. The molecule has 1 N–H and O–H groups in total. The van der Waals surface area contributed by atoms with E-state index < -0.39 is 12.8 Å². The first-order valence-electron chi connectivity index (χ1n) is 7.77. The van der Waals surface area contributed by atoms with Gasteiger partial charge in [-0.1, -0.05) is 0 Å². The Kier molecular flexibility index (Phi) is 7.44. The van der Waals surface area contributed by atoms with Crippen LogP contribution in [0.1, 0.15) is 40.0 Å². The zero-order valence-electron chi connectivity index (χ0n) is 13.4. The quantitative estimate of drug-likeness (QED) is 0.732. The number of rotatable bonds is 7. The third-order valence-corrected chi connectivity index (χ3v) is 3.66. The standard InChI is InChI=1S/C15H29F3N2O/c1-14(2,3)19-11-13-5-8-20(9-6-13)7-4-10-21-12-15(16,17)18/h13,19H,4-12H2,1-3H3. The summed E-state index contributed by atoms with van der Waals surface area (Å²) in [5, 5.41) is 3.54. The fourth-order valence-corrected chi connectivity index (χ4v) is 2.44. The fraction of sp³-hybridized carbons (Fsp3) is 1.00. The molecule has 126 valence electrons. The number of piperidine rings is 1. The van der Waals surface area contributed by atoms with Crippen LogP contribution in [0.15, 0.2) is 0 Å². The van der Waals surface area contributed by atoms with Gasteiger partial charge >= 0.3 is 6.18 Å². The van der Waals surface area contributed by atoms with Crippen LogP contribution in [0.25, 0.3) is 0 Å².